The minimum absolute atomic E-state index is 0.129. The molecule has 1 aromatic rings. The summed E-state index contributed by atoms with van der Waals surface area (Å²) in [4.78, 5) is 0. The maximum Gasteiger partial charge on any atom is 0.123 e. The molecule has 0 bridgehead atoms. The van der Waals surface area contributed by atoms with E-state index in [1.54, 1.807) is 0 Å². The summed E-state index contributed by atoms with van der Waals surface area (Å²) in [6, 6.07) is 7.18. The van der Waals surface area contributed by atoms with Crippen molar-refractivity contribution in [2.75, 3.05) is 13.2 Å². The van der Waals surface area contributed by atoms with E-state index in [2.05, 4.69) is 51.2 Å². The predicted octanol–water partition coefficient (Wildman–Crippen LogP) is 4.20. The fraction of sp³-hybridized carbons (Fsp3) is 0.667. The second-order valence-corrected chi connectivity index (χ2v) is 7.03. The van der Waals surface area contributed by atoms with Crippen molar-refractivity contribution in [2.24, 2.45) is 0 Å². The third-order valence-electron chi connectivity index (χ3n) is 4.08. The summed E-state index contributed by atoms with van der Waals surface area (Å²) in [6.45, 7) is 10.9. The molecule has 1 unspecified atom stereocenters. The minimum atomic E-state index is 0.129. The monoisotopic (exact) mass is 275 g/mol. The van der Waals surface area contributed by atoms with Crippen LogP contribution in [0.5, 0.6) is 5.75 Å². The Hall–Kier alpha value is -1.02. The summed E-state index contributed by atoms with van der Waals surface area (Å²) in [7, 11) is 0. The van der Waals surface area contributed by atoms with Crippen LogP contribution < -0.4 is 10.1 Å². The Labute approximate surface area is 123 Å². The van der Waals surface area contributed by atoms with Crippen molar-refractivity contribution in [3.63, 3.8) is 0 Å². The summed E-state index contributed by atoms with van der Waals surface area (Å²) in [5.41, 5.74) is 2.75. The molecule has 1 saturated heterocycles. The van der Waals surface area contributed by atoms with Gasteiger partial charge in [-0.1, -0.05) is 44.9 Å². The summed E-state index contributed by atoms with van der Waals surface area (Å²) in [6.07, 6.45) is 5.08. The fourth-order valence-corrected chi connectivity index (χ4v) is 2.84. The molecular formula is C18H29NO. The Morgan fingerprint density at radius 1 is 1.25 bits per heavy atom. The van der Waals surface area contributed by atoms with Gasteiger partial charge in [-0.15, -0.1) is 0 Å². The molecule has 1 aliphatic rings. The number of piperidine rings is 1. The third kappa shape index (κ3) is 4.24. The van der Waals surface area contributed by atoms with Crippen LogP contribution in [0, 0.1) is 6.92 Å². The van der Waals surface area contributed by atoms with Crippen molar-refractivity contribution in [1.29, 1.82) is 0 Å². The molecule has 2 rings (SSSR count). The zero-order valence-corrected chi connectivity index (χ0v) is 13.5. The van der Waals surface area contributed by atoms with Gasteiger partial charge in [0.05, 0.1) is 6.61 Å². The molecule has 0 spiro atoms. The van der Waals surface area contributed by atoms with Gasteiger partial charge >= 0.3 is 0 Å². The van der Waals surface area contributed by atoms with Crippen LogP contribution in [0.4, 0.5) is 0 Å². The van der Waals surface area contributed by atoms with Crippen LogP contribution in [-0.2, 0) is 5.41 Å². The highest BCUT2D eigenvalue weighted by atomic mass is 16.5. The lowest BCUT2D eigenvalue weighted by atomic mass is 9.85. The second kappa shape index (κ2) is 6.62. The lowest BCUT2D eigenvalue weighted by molar-refractivity contribution is 0.263. The molecule has 112 valence electrons. The van der Waals surface area contributed by atoms with Gasteiger partial charge in [0.25, 0.3) is 0 Å². The Morgan fingerprint density at radius 2 is 2.05 bits per heavy atom. The van der Waals surface area contributed by atoms with E-state index in [0.29, 0.717) is 6.04 Å². The first-order valence-corrected chi connectivity index (χ1v) is 7.94. The third-order valence-corrected chi connectivity index (χ3v) is 4.08. The predicted molar refractivity (Wildman–Crippen MR) is 85.6 cm³/mol. The van der Waals surface area contributed by atoms with Crippen LogP contribution >= 0.6 is 0 Å². The smallest absolute Gasteiger partial charge is 0.123 e. The lowest BCUT2D eigenvalue weighted by Gasteiger charge is -2.25. The molecule has 1 heterocycles. The quantitative estimate of drug-likeness (QED) is 0.889. The van der Waals surface area contributed by atoms with Gasteiger partial charge in [-0.3, -0.25) is 0 Å². The van der Waals surface area contributed by atoms with Gasteiger partial charge in [0.2, 0.25) is 0 Å². The topological polar surface area (TPSA) is 21.3 Å². The van der Waals surface area contributed by atoms with Gasteiger partial charge in [-0.05, 0) is 49.8 Å². The molecule has 1 fully saturated rings. The number of hydrogen-bond acceptors (Lipinski definition) is 2. The van der Waals surface area contributed by atoms with Crippen molar-refractivity contribution in [3.05, 3.63) is 29.3 Å². The van der Waals surface area contributed by atoms with E-state index < -0.39 is 0 Å². The molecule has 2 heteroatoms. The van der Waals surface area contributed by atoms with E-state index in [1.807, 2.05) is 0 Å². The Balaban J connectivity index is 1.95. The number of rotatable bonds is 4. The van der Waals surface area contributed by atoms with Crippen LogP contribution in [0.25, 0.3) is 0 Å². The van der Waals surface area contributed by atoms with Gasteiger partial charge in [-0.2, -0.15) is 0 Å². The molecule has 0 aromatic heterocycles. The molecule has 0 saturated carbocycles. The lowest BCUT2D eigenvalue weighted by Crippen LogP contribution is -2.35. The van der Waals surface area contributed by atoms with Gasteiger partial charge in [-0.25, -0.2) is 0 Å². The maximum absolute atomic E-state index is 6.08. The van der Waals surface area contributed by atoms with E-state index in [-0.39, 0.29) is 5.41 Å². The van der Waals surface area contributed by atoms with Crippen LogP contribution in [0.15, 0.2) is 18.2 Å². The molecule has 1 aromatic carbocycles. The molecule has 1 N–H and O–H groups in total. The highest BCUT2D eigenvalue weighted by Gasteiger charge is 2.19. The zero-order chi connectivity index (χ0) is 14.6. The van der Waals surface area contributed by atoms with Crippen molar-refractivity contribution in [2.45, 2.75) is 64.8 Å². The summed E-state index contributed by atoms with van der Waals surface area (Å²) < 4.78 is 6.08. The molecule has 20 heavy (non-hydrogen) atoms. The van der Waals surface area contributed by atoms with Crippen LogP contribution in [0.3, 0.4) is 0 Å². The minimum Gasteiger partial charge on any atom is -0.493 e. The maximum atomic E-state index is 6.08. The van der Waals surface area contributed by atoms with E-state index in [9.17, 15) is 0 Å². The molecule has 2 nitrogen and oxygen atoms in total. The standard InChI is InChI=1S/C18H29NO/c1-14-8-9-17(16(13-14)18(2,3)4)20-12-10-15-7-5-6-11-19-15/h8-9,13,15,19H,5-7,10-12H2,1-4H3. The summed E-state index contributed by atoms with van der Waals surface area (Å²) in [5, 5.41) is 3.58. The Kier molecular flexibility index (Phi) is 5.09. The van der Waals surface area contributed by atoms with Crippen molar-refractivity contribution in [3.8, 4) is 5.75 Å². The average Bonchev–Trinajstić information content (AvgIpc) is 2.40. The van der Waals surface area contributed by atoms with Crippen LogP contribution in [0.2, 0.25) is 0 Å². The summed E-state index contributed by atoms with van der Waals surface area (Å²) >= 11 is 0. The van der Waals surface area contributed by atoms with Crippen molar-refractivity contribution >= 4 is 0 Å². The number of nitrogens with one attached hydrogen (secondary N) is 1. The van der Waals surface area contributed by atoms with E-state index >= 15 is 0 Å². The summed E-state index contributed by atoms with van der Waals surface area (Å²) in [5.74, 6) is 1.05. The molecule has 1 aliphatic heterocycles. The van der Waals surface area contributed by atoms with Crippen LogP contribution in [0.1, 0.15) is 57.6 Å². The normalized spacial score (nSPS) is 19.9. The Bertz CT molecular complexity index is 428. The average molecular weight is 275 g/mol. The molecule has 0 radical (unpaired) electrons. The zero-order valence-electron chi connectivity index (χ0n) is 13.5. The first-order valence-electron chi connectivity index (χ1n) is 7.94. The number of ether oxygens (including phenoxy) is 1. The number of benzene rings is 1. The molecule has 0 aliphatic carbocycles. The Morgan fingerprint density at radius 3 is 2.70 bits per heavy atom. The van der Waals surface area contributed by atoms with Gasteiger partial charge in [0.1, 0.15) is 5.75 Å². The van der Waals surface area contributed by atoms with Crippen molar-refractivity contribution in [1.82, 2.24) is 5.32 Å². The van der Waals surface area contributed by atoms with Gasteiger partial charge in [0.15, 0.2) is 0 Å². The van der Waals surface area contributed by atoms with E-state index in [4.69, 9.17) is 4.74 Å². The molecular weight excluding hydrogens is 246 g/mol. The first-order chi connectivity index (χ1) is 9.47. The molecule has 0 amide bonds. The van der Waals surface area contributed by atoms with Gasteiger partial charge in [0, 0.05) is 6.04 Å². The van der Waals surface area contributed by atoms with Crippen molar-refractivity contribution < 1.29 is 4.74 Å². The van der Waals surface area contributed by atoms with Crippen LogP contribution in [-0.4, -0.2) is 19.2 Å². The number of aryl methyl sites for hydroxylation is 1. The van der Waals surface area contributed by atoms with Gasteiger partial charge < -0.3 is 10.1 Å². The number of hydrogen-bond donors (Lipinski definition) is 1. The highest BCUT2D eigenvalue weighted by molar-refractivity contribution is 5.41. The van der Waals surface area contributed by atoms with E-state index in [0.717, 1.165) is 18.8 Å². The highest BCUT2D eigenvalue weighted by Crippen LogP contribution is 2.32. The molecule has 1 atom stereocenters. The largest absolute Gasteiger partial charge is 0.493 e. The fourth-order valence-electron chi connectivity index (χ4n) is 2.84. The second-order valence-electron chi connectivity index (χ2n) is 7.03. The SMILES string of the molecule is Cc1ccc(OCCC2CCCCN2)c(C(C)(C)C)c1. The first kappa shape index (κ1) is 15.4. The van der Waals surface area contributed by atoms with E-state index in [1.165, 1.54) is 36.9 Å².